The van der Waals surface area contributed by atoms with Crippen LogP contribution in [0.5, 0.6) is 0 Å². The maximum Gasteiger partial charge on any atom is 0.252 e. The van der Waals surface area contributed by atoms with E-state index in [0.717, 1.165) is 0 Å². The topological polar surface area (TPSA) is 62.2 Å². The second-order valence-corrected chi connectivity index (χ2v) is 4.81. The Bertz CT molecular complexity index is 486. The fraction of sp³-hybridized carbons (Fsp3) is 0.467. The molecule has 1 rings (SSSR count). The SMILES string of the molecule is CC(C)C(C)CNC(=O)c1ccncc1C#CCO. The summed E-state index contributed by atoms with van der Waals surface area (Å²) < 4.78 is 0. The maximum absolute atomic E-state index is 12.1. The first-order chi connectivity index (χ1) is 9.06. The summed E-state index contributed by atoms with van der Waals surface area (Å²) in [7, 11) is 0. The van der Waals surface area contributed by atoms with Gasteiger partial charge in [-0.15, -0.1) is 0 Å². The van der Waals surface area contributed by atoms with Crippen LogP contribution in [0.15, 0.2) is 18.5 Å². The van der Waals surface area contributed by atoms with Crippen LogP contribution in [0.2, 0.25) is 0 Å². The minimum Gasteiger partial charge on any atom is -0.384 e. The Morgan fingerprint density at radius 1 is 1.47 bits per heavy atom. The number of nitrogens with zero attached hydrogens (tertiary/aromatic N) is 1. The molecule has 0 aliphatic heterocycles. The first-order valence-corrected chi connectivity index (χ1v) is 6.38. The van der Waals surface area contributed by atoms with E-state index in [2.05, 4.69) is 42.9 Å². The quantitative estimate of drug-likeness (QED) is 0.805. The predicted octanol–water partition coefficient (Wildman–Crippen LogP) is 1.45. The van der Waals surface area contributed by atoms with E-state index in [1.165, 1.54) is 6.20 Å². The number of aliphatic hydroxyl groups excluding tert-OH is 1. The zero-order chi connectivity index (χ0) is 14.3. The maximum atomic E-state index is 12.1. The first kappa shape index (κ1) is 15.2. The lowest BCUT2D eigenvalue weighted by Crippen LogP contribution is -2.30. The number of pyridine rings is 1. The van der Waals surface area contributed by atoms with Crippen molar-refractivity contribution >= 4 is 5.91 Å². The molecule has 0 aliphatic carbocycles. The minimum atomic E-state index is -0.236. The molecular formula is C15H20N2O2. The van der Waals surface area contributed by atoms with Crippen LogP contribution < -0.4 is 5.32 Å². The van der Waals surface area contributed by atoms with Gasteiger partial charge in [-0.3, -0.25) is 9.78 Å². The van der Waals surface area contributed by atoms with Crippen LogP contribution in [-0.2, 0) is 0 Å². The van der Waals surface area contributed by atoms with Crippen molar-refractivity contribution in [3.05, 3.63) is 29.6 Å². The molecule has 4 heteroatoms. The third-order valence-electron chi connectivity index (χ3n) is 3.09. The lowest BCUT2D eigenvalue weighted by molar-refractivity contribution is 0.0944. The monoisotopic (exact) mass is 260 g/mol. The van der Waals surface area contributed by atoms with E-state index in [0.29, 0.717) is 29.5 Å². The molecule has 4 nitrogen and oxygen atoms in total. The number of carbonyl (C=O) groups excluding carboxylic acids is 1. The van der Waals surface area contributed by atoms with Gasteiger partial charge in [0.15, 0.2) is 0 Å². The number of amides is 1. The number of hydrogen-bond acceptors (Lipinski definition) is 3. The number of nitrogens with one attached hydrogen (secondary N) is 1. The Balaban J connectivity index is 2.77. The second-order valence-electron chi connectivity index (χ2n) is 4.81. The second kappa shape index (κ2) is 7.55. The third kappa shape index (κ3) is 4.72. The number of aromatic nitrogens is 1. The predicted molar refractivity (Wildman–Crippen MR) is 74.5 cm³/mol. The lowest BCUT2D eigenvalue weighted by Gasteiger charge is -2.16. The molecule has 0 aliphatic rings. The van der Waals surface area contributed by atoms with Gasteiger partial charge < -0.3 is 10.4 Å². The van der Waals surface area contributed by atoms with Crippen LogP contribution in [0.3, 0.4) is 0 Å². The Labute approximate surface area is 114 Å². The highest BCUT2D eigenvalue weighted by molar-refractivity contribution is 5.96. The Kier molecular flexibility index (Phi) is 6.04. The molecule has 1 aromatic heterocycles. The molecule has 1 aromatic rings. The molecule has 1 atom stereocenters. The zero-order valence-electron chi connectivity index (χ0n) is 11.6. The first-order valence-electron chi connectivity index (χ1n) is 6.38. The average molecular weight is 260 g/mol. The number of aliphatic hydroxyl groups is 1. The van der Waals surface area contributed by atoms with Crippen molar-refractivity contribution in [2.24, 2.45) is 11.8 Å². The molecule has 19 heavy (non-hydrogen) atoms. The van der Waals surface area contributed by atoms with E-state index in [4.69, 9.17) is 5.11 Å². The lowest BCUT2D eigenvalue weighted by atomic mass is 9.98. The highest BCUT2D eigenvalue weighted by Crippen LogP contribution is 2.09. The van der Waals surface area contributed by atoms with Gasteiger partial charge in [-0.05, 0) is 17.9 Å². The molecule has 1 heterocycles. The zero-order valence-corrected chi connectivity index (χ0v) is 11.6. The van der Waals surface area contributed by atoms with E-state index < -0.39 is 0 Å². The van der Waals surface area contributed by atoms with Crippen molar-refractivity contribution < 1.29 is 9.90 Å². The van der Waals surface area contributed by atoms with Gasteiger partial charge in [-0.2, -0.15) is 0 Å². The van der Waals surface area contributed by atoms with Crippen molar-refractivity contribution in [1.82, 2.24) is 10.3 Å². The van der Waals surface area contributed by atoms with Crippen LogP contribution in [-0.4, -0.2) is 29.1 Å². The number of rotatable bonds is 4. The summed E-state index contributed by atoms with van der Waals surface area (Å²) >= 11 is 0. The van der Waals surface area contributed by atoms with Crippen LogP contribution in [0, 0.1) is 23.7 Å². The Morgan fingerprint density at radius 3 is 2.84 bits per heavy atom. The highest BCUT2D eigenvalue weighted by Gasteiger charge is 2.12. The van der Waals surface area contributed by atoms with Crippen LogP contribution in [0.4, 0.5) is 0 Å². The molecule has 1 amide bonds. The number of hydrogen-bond donors (Lipinski definition) is 2. The molecule has 1 unspecified atom stereocenters. The molecule has 0 fully saturated rings. The summed E-state index contributed by atoms with van der Waals surface area (Å²) in [6.45, 7) is 6.75. The molecule has 0 aromatic carbocycles. The van der Waals surface area contributed by atoms with E-state index in [-0.39, 0.29) is 12.5 Å². The largest absolute Gasteiger partial charge is 0.384 e. The highest BCUT2D eigenvalue weighted by atomic mass is 16.2. The van der Waals surface area contributed by atoms with Gasteiger partial charge in [0, 0.05) is 18.9 Å². The summed E-state index contributed by atoms with van der Waals surface area (Å²) in [5.74, 6) is 6.04. The molecule has 0 radical (unpaired) electrons. The van der Waals surface area contributed by atoms with Crippen LogP contribution in [0.25, 0.3) is 0 Å². The van der Waals surface area contributed by atoms with Gasteiger partial charge in [-0.25, -0.2) is 0 Å². The molecule has 0 spiro atoms. The molecule has 0 saturated heterocycles. The van der Waals surface area contributed by atoms with Gasteiger partial charge in [0.2, 0.25) is 0 Å². The Hall–Kier alpha value is -1.86. The molecule has 2 N–H and O–H groups in total. The molecular weight excluding hydrogens is 240 g/mol. The van der Waals surface area contributed by atoms with Gasteiger partial charge in [0.25, 0.3) is 5.91 Å². The summed E-state index contributed by atoms with van der Waals surface area (Å²) in [5, 5.41) is 11.6. The summed E-state index contributed by atoms with van der Waals surface area (Å²) in [6, 6.07) is 1.64. The van der Waals surface area contributed by atoms with Crippen molar-refractivity contribution in [3.8, 4) is 11.8 Å². The van der Waals surface area contributed by atoms with Crippen molar-refractivity contribution in [2.75, 3.05) is 13.2 Å². The van der Waals surface area contributed by atoms with Gasteiger partial charge >= 0.3 is 0 Å². The summed E-state index contributed by atoms with van der Waals surface area (Å²) in [5.41, 5.74) is 1.03. The van der Waals surface area contributed by atoms with Crippen molar-refractivity contribution in [3.63, 3.8) is 0 Å². The Morgan fingerprint density at radius 2 is 2.21 bits per heavy atom. The summed E-state index contributed by atoms with van der Waals surface area (Å²) in [4.78, 5) is 16.0. The molecule has 102 valence electrons. The van der Waals surface area contributed by atoms with E-state index in [1.807, 2.05) is 0 Å². The number of carbonyl (C=O) groups is 1. The fourth-order valence-corrected chi connectivity index (χ4v) is 1.41. The fourth-order valence-electron chi connectivity index (χ4n) is 1.41. The van der Waals surface area contributed by atoms with Gasteiger partial charge in [-0.1, -0.05) is 32.6 Å². The molecule has 0 bridgehead atoms. The standard InChI is InChI=1S/C15H20N2O2/c1-11(2)12(3)9-17-15(19)14-6-7-16-10-13(14)5-4-8-18/h6-7,10-12,18H,8-9H2,1-3H3,(H,17,19). The van der Waals surface area contributed by atoms with E-state index in [9.17, 15) is 4.79 Å². The average Bonchev–Trinajstić information content (AvgIpc) is 2.42. The van der Waals surface area contributed by atoms with Crippen LogP contribution in [0.1, 0.15) is 36.7 Å². The normalized spacial score (nSPS) is 11.6. The smallest absolute Gasteiger partial charge is 0.252 e. The van der Waals surface area contributed by atoms with Gasteiger partial charge in [0.05, 0.1) is 11.1 Å². The minimum absolute atomic E-state index is 0.155. The van der Waals surface area contributed by atoms with E-state index >= 15 is 0 Å². The summed E-state index contributed by atoms with van der Waals surface area (Å²) in [6.07, 6.45) is 3.09. The van der Waals surface area contributed by atoms with Gasteiger partial charge in [0.1, 0.15) is 6.61 Å². The van der Waals surface area contributed by atoms with Crippen molar-refractivity contribution in [1.29, 1.82) is 0 Å². The van der Waals surface area contributed by atoms with Crippen LogP contribution >= 0.6 is 0 Å². The molecule has 0 saturated carbocycles. The van der Waals surface area contributed by atoms with Crippen molar-refractivity contribution in [2.45, 2.75) is 20.8 Å². The van der Waals surface area contributed by atoms with E-state index in [1.54, 1.807) is 12.3 Å². The third-order valence-corrected chi connectivity index (χ3v) is 3.09.